The summed E-state index contributed by atoms with van der Waals surface area (Å²) < 4.78 is 10.4. The number of hydrogen-bond acceptors (Lipinski definition) is 5. The second kappa shape index (κ2) is 6.42. The largest absolute Gasteiger partial charge is 0.475 e. The number of para-hydroxylation sites is 2. The maximum absolute atomic E-state index is 12.9. The highest BCUT2D eigenvalue weighted by atomic mass is 16.6. The van der Waals surface area contributed by atoms with Crippen LogP contribution in [0.15, 0.2) is 48.5 Å². The average molecular weight is 322 g/mol. The van der Waals surface area contributed by atoms with Crippen LogP contribution in [0.2, 0.25) is 0 Å². The number of carbonyl (C=O) groups excluding carboxylic acids is 2. The van der Waals surface area contributed by atoms with Crippen molar-refractivity contribution in [2.45, 2.75) is 6.10 Å². The molecule has 120 valence electrons. The molecular weight excluding hydrogens is 308 g/mol. The molecule has 2 aromatic carbocycles. The summed E-state index contributed by atoms with van der Waals surface area (Å²) in [5.41, 5.74) is 1.49. The number of nitriles is 1. The first-order chi connectivity index (χ1) is 11.6. The van der Waals surface area contributed by atoms with Crippen LogP contribution in [0, 0.1) is 11.3 Å². The molecule has 0 saturated heterocycles. The van der Waals surface area contributed by atoms with Gasteiger partial charge in [-0.05, 0) is 36.4 Å². The molecule has 0 bridgehead atoms. The minimum atomic E-state index is -0.882. The molecule has 1 atom stereocenters. The Morgan fingerprint density at radius 1 is 1.21 bits per heavy atom. The standard InChI is InChI=1S/C18H14N2O4/c1-23-18(22)16-11-20(14-4-2-3-5-15(14)24-16)17(21)13-8-6-12(10-19)7-9-13/h2-9,16H,11H2,1H3. The average Bonchev–Trinajstić information content (AvgIpc) is 2.66. The number of hydrogen-bond donors (Lipinski definition) is 0. The normalized spacial score (nSPS) is 15.7. The molecule has 3 rings (SSSR count). The predicted octanol–water partition coefficient (Wildman–Crippen LogP) is 2.14. The molecule has 0 radical (unpaired) electrons. The van der Waals surface area contributed by atoms with Gasteiger partial charge in [-0.1, -0.05) is 12.1 Å². The van der Waals surface area contributed by atoms with Gasteiger partial charge in [0.2, 0.25) is 6.10 Å². The lowest BCUT2D eigenvalue weighted by Gasteiger charge is -2.33. The van der Waals surface area contributed by atoms with Crippen LogP contribution in [0.3, 0.4) is 0 Å². The number of anilines is 1. The summed E-state index contributed by atoms with van der Waals surface area (Å²) in [6.45, 7) is 0.0581. The Hall–Kier alpha value is -3.33. The van der Waals surface area contributed by atoms with E-state index < -0.39 is 12.1 Å². The smallest absolute Gasteiger partial charge is 0.348 e. The first kappa shape index (κ1) is 15.6. The van der Waals surface area contributed by atoms with Gasteiger partial charge in [-0.2, -0.15) is 5.26 Å². The van der Waals surface area contributed by atoms with Gasteiger partial charge in [0.1, 0.15) is 5.75 Å². The fourth-order valence-corrected chi connectivity index (χ4v) is 2.52. The Kier molecular flexibility index (Phi) is 4.17. The summed E-state index contributed by atoms with van der Waals surface area (Å²) in [4.78, 5) is 26.2. The zero-order chi connectivity index (χ0) is 17.1. The highest BCUT2D eigenvalue weighted by molar-refractivity contribution is 6.07. The van der Waals surface area contributed by atoms with E-state index in [-0.39, 0.29) is 12.5 Å². The van der Waals surface area contributed by atoms with E-state index in [2.05, 4.69) is 0 Å². The summed E-state index contributed by atoms with van der Waals surface area (Å²) in [7, 11) is 1.28. The maximum Gasteiger partial charge on any atom is 0.348 e. The molecule has 0 aromatic heterocycles. The molecule has 1 heterocycles. The number of amides is 1. The first-order valence-electron chi connectivity index (χ1n) is 7.29. The van der Waals surface area contributed by atoms with E-state index in [1.165, 1.54) is 12.0 Å². The van der Waals surface area contributed by atoms with Crippen molar-refractivity contribution in [2.24, 2.45) is 0 Å². The highest BCUT2D eigenvalue weighted by Crippen LogP contribution is 2.34. The lowest BCUT2D eigenvalue weighted by molar-refractivity contribution is -0.148. The van der Waals surface area contributed by atoms with Gasteiger partial charge in [-0.3, -0.25) is 4.79 Å². The Bertz CT molecular complexity index is 824. The maximum atomic E-state index is 12.9. The van der Waals surface area contributed by atoms with Crippen molar-refractivity contribution < 1.29 is 19.1 Å². The molecule has 6 nitrogen and oxygen atoms in total. The Morgan fingerprint density at radius 2 is 1.92 bits per heavy atom. The quantitative estimate of drug-likeness (QED) is 0.791. The second-order valence-corrected chi connectivity index (χ2v) is 5.20. The van der Waals surface area contributed by atoms with E-state index in [0.29, 0.717) is 22.6 Å². The first-order valence-corrected chi connectivity index (χ1v) is 7.29. The van der Waals surface area contributed by atoms with E-state index in [0.717, 1.165) is 0 Å². The molecule has 0 spiro atoms. The van der Waals surface area contributed by atoms with E-state index in [1.54, 1.807) is 48.5 Å². The number of nitrogens with zero attached hydrogens (tertiary/aromatic N) is 2. The zero-order valence-electron chi connectivity index (χ0n) is 12.9. The SMILES string of the molecule is COC(=O)C1CN(C(=O)c2ccc(C#N)cc2)c2ccccc2O1. The Morgan fingerprint density at radius 3 is 2.58 bits per heavy atom. The Labute approximate surface area is 138 Å². The molecule has 2 aromatic rings. The number of benzene rings is 2. The van der Waals surface area contributed by atoms with Gasteiger partial charge < -0.3 is 14.4 Å². The molecule has 1 aliphatic rings. The summed E-state index contributed by atoms with van der Waals surface area (Å²) in [6, 6.07) is 15.4. The van der Waals surface area contributed by atoms with Crippen LogP contribution < -0.4 is 9.64 Å². The van der Waals surface area contributed by atoms with Crippen molar-refractivity contribution in [3.8, 4) is 11.8 Å². The van der Waals surface area contributed by atoms with Crippen molar-refractivity contribution in [3.63, 3.8) is 0 Å². The van der Waals surface area contributed by atoms with Crippen molar-refractivity contribution >= 4 is 17.6 Å². The minimum Gasteiger partial charge on any atom is -0.475 e. The number of carbonyl (C=O) groups is 2. The summed E-state index contributed by atoms with van der Waals surface area (Å²) in [5, 5.41) is 8.86. The predicted molar refractivity (Wildman–Crippen MR) is 85.7 cm³/mol. The Balaban J connectivity index is 1.96. The summed E-state index contributed by atoms with van der Waals surface area (Å²) in [6.07, 6.45) is -0.882. The van der Waals surface area contributed by atoms with Gasteiger partial charge in [-0.15, -0.1) is 0 Å². The van der Waals surface area contributed by atoms with Crippen LogP contribution in [0.4, 0.5) is 5.69 Å². The fraction of sp³-hybridized carbons (Fsp3) is 0.167. The van der Waals surface area contributed by atoms with Crippen molar-refractivity contribution in [2.75, 3.05) is 18.6 Å². The van der Waals surface area contributed by atoms with Gasteiger partial charge in [0.25, 0.3) is 5.91 Å². The molecule has 24 heavy (non-hydrogen) atoms. The lowest BCUT2D eigenvalue weighted by atomic mass is 10.1. The van der Waals surface area contributed by atoms with E-state index in [9.17, 15) is 9.59 Å². The van der Waals surface area contributed by atoms with Crippen LogP contribution >= 0.6 is 0 Å². The van der Waals surface area contributed by atoms with Gasteiger partial charge in [0.15, 0.2) is 0 Å². The summed E-state index contributed by atoms with van der Waals surface area (Å²) in [5.74, 6) is -0.368. The third-order valence-electron chi connectivity index (χ3n) is 3.74. The fourth-order valence-electron chi connectivity index (χ4n) is 2.52. The van der Waals surface area contributed by atoms with Gasteiger partial charge >= 0.3 is 5.97 Å². The van der Waals surface area contributed by atoms with Crippen molar-refractivity contribution in [1.82, 2.24) is 0 Å². The zero-order valence-corrected chi connectivity index (χ0v) is 12.9. The number of ether oxygens (including phenoxy) is 2. The van der Waals surface area contributed by atoms with Crippen molar-refractivity contribution in [3.05, 3.63) is 59.7 Å². The van der Waals surface area contributed by atoms with E-state index in [4.69, 9.17) is 14.7 Å². The van der Waals surface area contributed by atoms with Crippen LogP contribution in [-0.4, -0.2) is 31.6 Å². The monoisotopic (exact) mass is 322 g/mol. The second-order valence-electron chi connectivity index (χ2n) is 5.20. The molecule has 1 unspecified atom stereocenters. The number of methoxy groups -OCH3 is 1. The lowest BCUT2D eigenvalue weighted by Crippen LogP contribution is -2.47. The number of rotatable bonds is 2. The van der Waals surface area contributed by atoms with E-state index >= 15 is 0 Å². The van der Waals surface area contributed by atoms with Gasteiger partial charge in [-0.25, -0.2) is 4.79 Å². The third kappa shape index (κ3) is 2.79. The molecule has 1 aliphatic heterocycles. The number of esters is 1. The summed E-state index contributed by atoms with van der Waals surface area (Å²) >= 11 is 0. The van der Waals surface area contributed by atoms with Crippen LogP contribution in [0.25, 0.3) is 0 Å². The molecule has 0 saturated carbocycles. The minimum absolute atomic E-state index is 0.0581. The third-order valence-corrected chi connectivity index (χ3v) is 3.74. The van der Waals surface area contributed by atoms with Crippen LogP contribution in [0.5, 0.6) is 5.75 Å². The van der Waals surface area contributed by atoms with Crippen LogP contribution in [0.1, 0.15) is 15.9 Å². The molecule has 1 amide bonds. The topological polar surface area (TPSA) is 79.6 Å². The highest BCUT2D eigenvalue weighted by Gasteiger charge is 2.34. The van der Waals surface area contributed by atoms with E-state index in [1.807, 2.05) is 6.07 Å². The van der Waals surface area contributed by atoms with Crippen LogP contribution in [-0.2, 0) is 9.53 Å². The molecule has 0 fully saturated rings. The van der Waals surface area contributed by atoms with Gasteiger partial charge in [0, 0.05) is 5.56 Å². The molecule has 6 heteroatoms. The van der Waals surface area contributed by atoms with Crippen molar-refractivity contribution in [1.29, 1.82) is 5.26 Å². The molecule has 0 N–H and O–H groups in total. The molecule has 0 aliphatic carbocycles. The van der Waals surface area contributed by atoms with Gasteiger partial charge in [0.05, 0.1) is 31.0 Å². The molecular formula is C18H14N2O4. The number of fused-ring (bicyclic) bond motifs is 1.